The van der Waals surface area contributed by atoms with Crippen LogP contribution in [0.15, 0.2) is 18.5 Å². The molecule has 1 atom stereocenters. The first-order valence-electron chi connectivity index (χ1n) is 7.15. The number of aromatic nitrogens is 2. The third-order valence-electron chi connectivity index (χ3n) is 4.20. The van der Waals surface area contributed by atoms with Gasteiger partial charge in [-0.3, -0.25) is 4.79 Å². The molecular formula is C14H19BrN4O. The predicted molar refractivity (Wildman–Crippen MR) is 80.9 cm³/mol. The summed E-state index contributed by atoms with van der Waals surface area (Å²) in [7, 11) is 0. The summed E-state index contributed by atoms with van der Waals surface area (Å²) in [5.74, 6) is 1.61. The van der Waals surface area contributed by atoms with Crippen molar-refractivity contribution in [2.45, 2.75) is 25.3 Å². The summed E-state index contributed by atoms with van der Waals surface area (Å²) >= 11 is 3.49. The van der Waals surface area contributed by atoms with Crippen molar-refractivity contribution in [2.24, 2.45) is 5.92 Å². The van der Waals surface area contributed by atoms with Gasteiger partial charge in [-0.1, -0.05) is 15.9 Å². The Labute approximate surface area is 127 Å². The van der Waals surface area contributed by atoms with Gasteiger partial charge in [0, 0.05) is 49.8 Å². The molecule has 108 valence electrons. The molecular weight excluding hydrogens is 320 g/mol. The van der Waals surface area contributed by atoms with Crippen LogP contribution in [0.25, 0.3) is 0 Å². The molecule has 1 amide bonds. The second-order valence-electron chi connectivity index (χ2n) is 5.54. The van der Waals surface area contributed by atoms with E-state index in [4.69, 9.17) is 0 Å². The van der Waals surface area contributed by atoms with Crippen LogP contribution in [0.2, 0.25) is 0 Å². The van der Waals surface area contributed by atoms with Crippen molar-refractivity contribution >= 4 is 27.8 Å². The SMILES string of the molecule is O=C1CC(CBr)CN1C1CCN(c2ncccn2)CC1. The molecule has 0 aliphatic carbocycles. The normalized spacial score (nSPS) is 24.4. The van der Waals surface area contributed by atoms with Crippen molar-refractivity contribution < 1.29 is 4.79 Å². The third-order valence-corrected chi connectivity index (χ3v) is 5.11. The summed E-state index contributed by atoms with van der Waals surface area (Å²) in [4.78, 5) is 24.9. The van der Waals surface area contributed by atoms with E-state index in [-0.39, 0.29) is 0 Å². The van der Waals surface area contributed by atoms with Gasteiger partial charge in [-0.15, -0.1) is 0 Å². The number of hydrogen-bond donors (Lipinski definition) is 0. The maximum absolute atomic E-state index is 12.1. The molecule has 6 heteroatoms. The highest BCUT2D eigenvalue weighted by molar-refractivity contribution is 9.09. The average molecular weight is 339 g/mol. The molecule has 3 heterocycles. The number of likely N-dealkylation sites (tertiary alicyclic amines) is 1. The summed E-state index contributed by atoms with van der Waals surface area (Å²) in [5, 5.41) is 0.923. The molecule has 0 aromatic carbocycles. The van der Waals surface area contributed by atoms with E-state index in [0.717, 1.165) is 43.8 Å². The Morgan fingerprint density at radius 2 is 1.95 bits per heavy atom. The molecule has 0 N–H and O–H groups in total. The Balaban J connectivity index is 1.58. The summed E-state index contributed by atoms with van der Waals surface area (Å²) in [5.41, 5.74) is 0. The number of alkyl halides is 1. The average Bonchev–Trinajstić information content (AvgIpc) is 2.89. The van der Waals surface area contributed by atoms with Crippen LogP contribution in [0.3, 0.4) is 0 Å². The van der Waals surface area contributed by atoms with Crippen molar-refractivity contribution in [3.05, 3.63) is 18.5 Å². The molecule has 20 heavy (non-hydrogen) atoms. The summed E-state index contributed by atoms with van der Waals surface area (Å²) in [6, 6.07) is 2.23. The fourth-order valence-corrected chi connectivity index (χ4v) is 3.53. The maximum Gasteiger partial charge on any atom is 0.225 e. The van der Waals surface area contributed by atoms with Gasteiger partial charge < -0.3 is 9.80 Å². The predicted octanol–water partition coefficient (Wildman–Crippen LogP) is 1.69. The Morgan fingerprint density at radius 1 is 1.25 bits per heavy atom. The molecule has 1 unspecified atom stereocenters. The number of hydrogen-bond acceptors (Lipinski definition) is 4. The zero-order valence-corrected chi connectivity index (χ0v) is 13.0. The summed E-state index contributed by atoms with van der Waals surface area (Å²) in [6.07, 6.45) is 6.28. The van der Waals surface area contributed by atoms with Gasteiger partial charge in [0.15, 0.2) is 0 Å². The Bertz CT molecular complexity index is 462. The highest BCUT2D eigenvalue weighted by Crippen LogP contribution is 2.27. The van der Waals surface area contributed by atoms with E-state index in [0.29, 0.717) is 24.3 Å². The number of carbonyl (C=O) groups excluding carboxylic acids is 1. The zero-order valence-electron chi connectivity index (χ0n) is 11.4. The number of piperidine rings is 1. The lowest BCUT2D eigenvalue weighted by atomic mass is 10.0. The number of nitrogens with zero attached hydrogens (tertiary/aromatic N) is 4. The number of rotatable bonds is 3. The van der Waals surface area contributed by atoms with Gasteiger partial charge in [0.2, 0.25) is 11.9 Å². The highest BCUT2D eigenvalue weighted by atomic mass is 79.9. The Kier molecular flexibility index (Phi) is 4.19. The van der Waals surface area contributed by atoms with Gasteiger partial charge in [-0.25, -0.2) is 9.97 Å². The lowest BCUT2D eigenvalue weighted by Crippen LogP contribution is -2.46. The first-order chi connectivity index (χ1) is 9.78. The lowest BCUT2D eigenvalue weighted by Gasteiger charge is -2.36. The molecule has 0 spiro atoms. The smallest absolute Gasteiger partial charge is 0.225 e. The minimum Gasteiger partial charge on any atom is -0.341 e. The highest BCUT2D eigenvalue weighted by Gasteiger charge is 2.35. The molecule has 1 aromatic heterocycles. The monoisotopic (exact) mass is 338 g/mol. The first-order valence-corrected chi connectivity index (χ1v) is 8.27. The second kappa shape index (κ2) is 6.08. The lowest BCUT2D eigenvalue weighted by molar-refractivity contribution is -0.130. The molecule has 3 rings (SSSR count). The molecule has 2 aliphatic heterocycles. The van der Waals surface area contributed by atoms with E-state index in [1.807, 2.05) is 6.07 Å². The quantitative estimate of drug-likeness (QED) is 0.787. The van der Waals surface area contributed by atoms with E-state index in [1.54, 1.807) is 12.4 Å². The minimum absolute atomic E-state index is 0.323. The molecule has 1 aromatic rings. The van der Waals surface area contributed by atoms with E-state index >= 15 is 0 Å². The van der Waals surface area contributed by atoms with Gasteiger partial charge in [0.25, 0.3) is 0 Å². The number of carbonyl (C=O) groups is 1. The second-order valence-corrected chi connectivity index (χ2v) is 6.19. The molecule has 2 saturated heterocycles. The van der Waals surface area contributed by atoms with E-state index in [2.05, 4.69) is 35.7 Å². The zero-order chi connectivity index (χ0) is 13.9. The number of anilines is 1. The van der Waals surface area contributed by atoms with Crippen LogP contribution >= 0.6 is 15.9 Å². The van der Waals surface area contributed by atoms with E-state index in [9.17, 15) is 4.79 Å². The topological polar surface area (TPSA) is 49.3 Å². The molecule has 2 aliphatic rings. The van der Waals surface area contributed by atoms with Gasteiger partial charge in [0.05, 0.1) is 0 Å². The van der Waals surface area contributed by atoms with E-state index in [1.165, 1.54) is 0 Å². The van der Waals surface area contributed by atoms with Crippen LogP contribution in [-0.4, -0.2) is 51.8 Å². The largest absolute Gasteiger partial charge is 0.341 e. The Hall–Kier alpha value is -1.17. The minimum atomic E-state index is 0.323. The molecule has 2 fully saturated rings. The van der Waals surface area contributed by atoms with Crippen LogP contribution in [0.5, 0.6) is 0 Å². The van der Waals surface area contributed by atoms with Crippen molar-refractivity contribution in [1.29, 1.82) is 0 Å². The van der Waals surface area contributed by atoms with Crippen molar-refractivity contribution in [3.8, 4) is 0 Å². The summed E-state index contributed by atoms with van der Waals surface area (Å²) in [6.45, 7) is 2.77. The van der Waals surface area contributed by atoms with E-state index < -0.39 is 0 Å². The van der Waals surface area contributed by atoms with Gasteiger partial charge in [-0.2, -0.15) is 0 Å². The summed E-state index contributed by atoms with van der Waals surface area (Å²) < 4.78 is 0. The molecule has 5 nitrogen and oxygen atoms in total. The van der Waals surface area contributed by atoms with Crippen LogP contribution < -0.4 is 4.90 Å². The van der Waals surface area contributed by atoms with Crippen molar-refractivity contribution in [3.63, 3.8) is 0 Å². The standard InChI is InChI=1S/C14H19BrN4O/c15-9-11-8-13(20)19(10-11)12-2-6-18(7-3-12)14-16-4-1-5-17-14/h1,4-5,11-12H,2-3,6-10H2. The molecule has 0 bridgehead atoms. The first kappa shape index (κ1) is 13.8. The van der Waals surface area contributed by atoms with Crippen molar-refractivity contribution in [1.82, 2.24) is 14.9 Å². The van der Waals surface area contributed by atoms with Crippen molar-refractivity contribution in [2.75, 3.05) is 29.9 Å². The fraction of sp³-hybridized carbons (Fsp3) is 0.643. The number of halogens is 1. The van der Waals surface area contributed by atoms with Crippen LogP contribution in [0, 0.1) is 5.92 Å². The third kappa shape index (κ3) is 2.80. The van der Waals surface area contributed by atoms with Gasteiger partial charge >= 0.3 is 0 Å². The Morgan fingerprint density at radius 3 is 2.55 bits per heavy atom. The molecule has 0 radical (unpaired) electrons. The van der Waals surface area contributed by atoms with Crippen LogP contribution in [0.4, 0.5) is 5.95 Å². The van der Waals surface area contributed by atoms with Crippen LogP contribution in [0.1, 0.15) is 19.3 Å². The maximum atomic E-state index is 12.1. The van der Waals surface area contributed by atoms with Gasteiger partial charge in [-0.05, 0) is 24.8 Å². The van der Waals surface area contributed by atoms with Crippen LogP contribution in [-0.2, 0) is 4.79 Å². The van der Waals surface area contributed by atoms with Gasteiger partial charge in [0.1, 0.15) is 0 Å². The fourth-order valence-electron chi connectivity index (χ4n) is 3.10. The number of amides is 1. The molecule has 0 saturated carbocycles.